The molecule has 0 spiro atoms. The molecule has 164 valence electrons. The molecule has 0 saturated carbocycles. The van der Waals surface area contributed by atoms with Gasteiger partial charge >= 0.3 is 0 Å². The Morgan fingerprint density at radius 1 is 1.23 bits per heavy atom. The summed E-state index contributed by atoms with van der Waals surface area (Å²) in [5, 5.41) is 6.56. The van der Waals surface area contributed by atoms with E-state index in [1.165, 1.54) is 11.3 Å². The highest BCUT2D eigenvalue weighted by Crippen LogP contribution is 2.29. The standard InChI is InChI=1S/C22H32N4O3S/c1-3-5-6-11-23-21(28)16-9-12-26(13-10-16)15-20(27)25-22-24-18-8-7-17(29-4-2)14-19(18)30-22/h7-8,14,16H,3-6,9-13,15H2,1-2H3,(H,23,28)(H,24,25,27). The number of likely N-dealkylation sites (tertiary alicyclic amines) is 1. The molecule has 3 rings (SSSR count). The van der Waals surface area contributed by atoms with Crippen LogP contribution in [0.1, 0.15) is 46.0 Å². The Kier molecular flexibility index (Phi) is 8.45. The lowest BCUT2D eigenvalue weighted by Gasteiger charge is -2.30. The number of amides is 2. The molecule has 1 fully saturated rings. The number of unbranched alkanes of at least 4 members (excludes halogenated alkanes) is 2. The van der Waals surface area contributed by atoms with Gasteiger partial charge in [-0.2, -0.15) is 0 Å². The third kappa shape index (κ3) is 6.40. The summed E-state index contributed by atoms with van der Waals surface area (Å²) in [5.41, 5.74) is 0.851. The minimum Gasteiger partial charge on any atom is -0.494 e. The number of rotatable bonds is 10. The number of thiazole rings is 1. The van der Waals surface area contributed by atoms with Gasteiger partial charge in [0.2, 0.25) is 11.8 Å². The third-order valence-electron chi connectivity index (χ3n) is 5.32. The highest BCUT2D eigenvalue weighted by Gasteiger charge is 2.25. The molecule has 2 heterocycles. The molecule has 1 saturated heterocycles. The first kappa shape index (κ1) is 22.5. The molecule has 8 heteroatoms. The number of nitrogens with zero attached hydrogens (tertiary/aromatic N) is 2. The number of carbonyl (C=O) groups excluding carboxylic acids is 2. The normalized spacial score (nSPS) is 15.3. The molecule has 0 radical (unpaired) electrons. The number of hydrogen-bond acceptors (Lipinski definition) is 6. The second kappa shape index (κ2) is 11.3. The zero-order valence-corrected chi connectivity index (χ0v) is 18.7. The fourth-order valence-electron chi connectivity index (χ4n) is 3.66. The van der Waals surface area contributed by atoms with Crippen molar-refractivity contribution in [2.75, 3.05) is 38.1 Å². The Bertz CT molecular complexity index is 846. The maximum absolute atomic E-state index is 12.5. The summed E-state index contributed by atoms with van der Waals surface area (Å²) in [5.74, 6) is 0.969. The maximum atomic E-state index is 12.5. The molecule has 0 unspecified atom stereocenters. The first-order chi connectivity index (χ1) is 14.6. The molecule has 0 bridgehead atoms. The van der Waals surface area contributed by atoms with Crippen molar-refractivity contribution in [3.63, 3.8) is 0 Å². The molecule has 0 aliphatic carbocycles. The lowest BCUT2D eigenvalue weighted by atomic mass is 9.96. The van der Waals surface area contributed by atoms with Crippen LogP contribution in [0.5, 0.6) is 5.75 Å². The minimum absolute atomic E-state index is 0.0646. The van der Waals surface area contributed by atoms with E-state index in [0.717, 1.165) is 67.7 Å². The molecule has 7 nitrogen and oxygen atoms in total. The van der Waals surface area contributed by atoms with E-state index < -0.39 is 0 Å². The van der Waals surface area contributed by atoms with Crippen LogP contribution < -0.4 is 15.4 Å². The number of hydrogen-bond donors (Lipinski definition) is 2. The van der Waals surface area contributed by atoms with Crippen LogP contribution in [0.25, 0.3) is 10.2 Å². The lowest BCUT2D eigenvalue weighted by molar-refractivity contribution is -0.126. The minimum atomic E-state index is -0.0680. The van der Waals surface area contributed by atoms with Crippen LogP contribution in [-0.2, 0) is 9.59 Å². The maximum Gasteiger partial charge on any atom is 0.240 e. The predicted octanol–water partition coefficient (Wildman–Crippen LogP) is 3.65. The summed E-state index contributed by atoms with van der Waals surface area (Å²) < 4.78 is 6.51. The SMILES string of the molecule is CCCCCNC(=O)C1CCN(CC(=O)Nc2nc3ccc(OCC)cc3s2)CC1. The van der Waals surface area contributed by atoms with Gasteiger partial charge < -0.3 is 15.4 Å². The molecule has 1 aliphatic heterocycles. The number of carbonyl (C=O) groups is 2. The predicted molar refractivity (Wildman–Crippen MR) is 121 cm³/mol. The van der Waals surface area contributed by atoms with Crippen molar-refractivity contribution < 1.29 is 14.3 Å². The van der Waals surface area contributed by atoms with Crippen molar-refractivity contribution in [3.05, 3.63) is 18.2 Å². The second-order valence-corrected chi connectivity index (χ2v) is 8.71. The Hall–Kier alpha value is -2.19. The number of benzene rings is 1. The van der Waals surface area contributed by atoms with E-state index in [-0.39, 0.29) is 17.7 Å². The average molecular weight is 433 g/mol. The smallest absolute Gasteiger partial charge is 0.240 e. The van der Waals surface area contributed by atoms with Crippen molar-refractivity contribution in [1.29, 1.82) is 0 Å². The van der Waals surface area contributed by atoms with Gasteiger partial charge in [-0.1, -0.05) is 31.1 Å². The Morgan fingerprint density at radius 3 is 2.77 bits per heavy atom. The molecular formula is C22H32N4O3S. The Morgan fingerprint density at radius 2 is 2.03 bits per heavy atom. The number of anilines is 1. The molecule has 1 aromatic carbocycles. The lowest BCUT2D eigenvalue weighted by Crippen LogP contribution is -2.43. The molecule has 0 atom stereocenters. The Balaban J connectivity index is 1.42. The van der Waals surface area contributed by atoms with Crippen LogP contribution in [0.3, 0.4) is 0 Å². The molecule has 1 aliphatic rings. The number of nitrogens with one attached hydrogen (secondary N) is 2. The van der Waals surface area contributed by atoms with Crippen LogP contribution in [0.4, 0.5) is 5.13 Å². The number of aromatic nitrogens is 1. The zero-order chi connectivity index (χ0) is 21.3. The van der Waals surface area contributed by atoms with Gasteiger partial charge in [0, 0.05) is 12.5 Å². The summed E-state index contributed by atoms with van der Waals surface area (Å²) in [6, 6.07) is 5.75. The molecule has 2 N–H and O–H groups in total. The van der Waals surface area contributed by atoms with Gasteiger partial charge in [-0.25, -0.2) is 4.98 Å². The monoisotopic (exact) mass is 432 g/mol. The van der Waals surface area contributed by atoms with E-state index in [1.54, 1.807) is 0 Å². The fourth-order valence-corrected chi connectivity index (χ4v) is 4.57. The topological polar surface area (TPSA) is 83.6 Å². The van der Waals surface area contributed by atoms with Gasteiger partial charge in [0.25, 0.3) is 0 Å². The number of fused-ring (bicyclic) bond motifs is 1. The molecular weight excluding hydrogens is 400 g/mol. The van der Waals surface area contributed by atoms with Crippen molar-refractivity contribution >= 4 is 38.5 Å². The Labute approximate surface area is 182 Å². The average Bonchev–Trinajstić information content (AvgIpc) is 3.13. The largest absolute Gasteiger partial charge is 0.494 e. The van der Waals surface area contributed by atoms with Crippen LogP contribution in [0.15, 0.2) is 18.2 Å². The summed E-state index contributed by atoms with van der Waals surface area (Å²) >= 11 is 1.45. The van der Waals surface area contributed by atoms with Crippen LogP contribution >= 0.6 is 11.3 Å². The molecule has 30 heavy (non-hydrogen) atoms. The summed E-state index contributed by atoms with van der Waals surface area (Å²) in [7, 11) is 0. The quantitative estimate of drug-likeness (QED) is 0.560. The summed E-state index contributed by atoms with van der Waals surface area (Å²) in [6.45, 7) is 7.34. The summed E-state index contributed by atoms with van der Waals surface area (Å²) in [6.07, 6.45) is 4.94. The van der Waals surface area contributed by atoms with Crippen LogP contribution in [0, 0.1) is 5.92 Å². The van der Waals surface area contributed by atoms with Gasteiger partial charge in [0.1, 0.15) is 5.75 Å². The van der Waals surface area contributed by atoms with Gasteiger partial charge in [-0.05, 0) is 57.5 Å². The highest BCUT2D eigenvalue weighted by atomic mass is 32.1. The van der Waals surface area contributed by atoms with Gasteiger partial charge in [0.05, 0.1) is 23.4 Å². The number of piperidine rings is 1. The number of ether oxygens (including phenoxy) is 1. The van der Waals surface area contributed by atoms with Crippen molar-refractivity contribution in [2.45, 2.75) is 46.0 Å². The van der Waals surface area contributed by atoms with Crippen molar-refractivity contribution in [2.24, 2.45) is 5.92 Å². The van der Waals surface area contributed by atoms with E-state index in [1.807, 2.05) is 25.1 Å². The van der Waals surface area contributed by atoms with Crippen molar-refractivity contribution in [1.82, 2.24) is 15.2 Å². The molecule has 1 aromatic heterocycles. The van der Waals surface area contributed by atoms with Crippen LogP contribution in [-0.4, -0.2) is 54.5 Å². The first-order valence-corrected chi connectivity index (χ1v) is 11.7. The van der Waals surface area contributed by atoms with E-state index in [2.05, 4.69) is 27.4 Å². The third-order valence-corrected chi connectivity index (χ3v) is 6.26. The van der Waals surface area contributed by atoms with Crippen LogP contribution in [0.2, 0.25) is 0 Å². The van der Waals surface area contributed by atoms with E-state index >= 15 is 0 Å². The van der Waals surface area contributed by atoms with Gasteiger partial charge in [0.15, 0.2) is 5.13 Å². The van der Waals surface area contributed by atoms with E-state index in [0.29, 0.717) is 18.3 Å². The molecule has 2 aromatic rings. The highest BCUT2D eigenvalue weighted by molar-refractivity contribution is 7.22. The van der Waals surface area contributed by atoms with Gasteiger partial charge in [-0.3, -0.25) is 14.5 Å². The van der Waals surface area contributed by atoms with Crippen molar-refractivity contribution in [3.8, 4) is 5.75 Å². The van der Waals surface area contributed by atoms with E-state index in [4.69, 9.17) is 4.74 Å². The zero-order valence-electron chi connectivity index (χ0n) is 17.9. The fraction of sp³-hybridized carbons (Fsp3) is 0.591. The first-order valence-electron chi connectivity index (χ1n) is 10.9. The summed E-state index contributed by atoms with van der Waals surface area (Å²) in [4.78, 5) is 31.3. The molecule has 2 amide bonds. The second-order valence-electron chi connectivity index (χ2n) is 7.68. The van der Waals surface area contributed by atoms with E-state index in [9.17, 15) is 9.59 Å². The van der Waals surface area contributed by atoms with Gasteiger partial charge in [-0.15, -0.1) is 0 Å².